The Morgan fingerprint density at radius 3 is 2.77 bits per heavy atom. The van der Waals surface area contributed by atoms with Crippen LogP contribution < -0.4 is 5.32 Å². The molecule has 1 aliphatic heterocycles. The molecule has 114 valence electrons. The van der Waals surface area contributed by atoms with E-state index in [-0.39, 0.29) is 17.8 Å². The second kappa shape index (κ2) is 6.53. The maximum absolute atomic E-state index is 13.9. The summed E-state index contributed by atoms with van der Waals surface area (Å²) < 4.78 is 13.9. The van der Waals surface area contributed by atoms with Gasteiger partial charge in [-0.15, -0.1) is 11.8 Å². The highest BCUT2D eigenvalue weighted by molar-refractivity contribution is 7.99. The maximum atomic E-state index is 13.9. The van der Waals surface area contributed by atoms with Gasteiger partial charge in [-0.1, -0.05) is 31.2 Å². The predicted octanol–water partition coefficient (Wildman–Crippen LogP) is 4.36. The van der Waals surface area contributed by atoms with Crippen LogP contribution in [-0.2, 0) is 6.42 Å². The Bertz CT molecular complexity index is 684. The van der Waals surface area contributed by atoms with Crippen molar-refractivity contribution in [2.45, 2.75) is 30.7 Å². The molecule has 0 fully saturated rings. The van der Waals surface area contributed by atoms with Gasteiger partial charge in [0.1, 0.15) is 5.82 Å². The van der Waals surface area contributed by atoms with Gasteiger partial charge in [0.25, 0.3) is 5.91 Å². The minimum Gasteiger partial charge on any atom is -0.345 e. The third kappa shape index (κ3) is 3.02. The average molecular weight is 315 g/mol. The van der Waals surface area contributed by atoms with Crippen LogP contribution in [0.5, 0.6) is 0 Å². The molecule has 1 heterocycles. The van der Waals surface area contributed by atoms with Crippen molar-refractivity contribution >= 4 is 17.7 Å². The van der Waals surface area contributed by atoms with E-state index in [4.69, 9.17) is 0 Å². The number of halogens is 1. The molecule has 0 spiro atoms. The Kier molecular flexibility index (Phi) is 4.48. The standard InChI is InChI=1S/C18H18FNOS/c1-2-12-6-8-13(9-7-12)18(21)20-16-10-11-22-17-14(16)4-3-5-15(17)19/h3-9,16H,2,10-11H2,1H3,(H,20,21)/t16-/m0/s1. The van der Waals surface area contributed by atoms with Crippen LogP contribution in [0.15, 0.2) is 47.4 Å². The van der Waals surface area contributed by atoms with Crippen molar-refractivity contribution in [3.05, 3.63) is 65.0 Å². The second-order valence-corrected chi connectivity index (χ2v) is 6.48. The maximum Gasteiger partial charge on any atom is 0.251 e. The minimum absolute atomic E-state index is 0.102. The van der Waals surface area contributed by atoms with E-state index in [1.165, 1.54) is 23.4 Å². The number of aryl methyl sites for hydroxylation is 1. The van der Waals surface area contributed by atoms with E-state index in [0.717, 1.165) is 24.2 Å². The molecule has 1 aliphatic rings. The van der Waals surface area contributed by atoms with Crippen molar-refractivity contribution in [1.29, 1.82) is 0 Å². The van der Waals surface area contributed by atoms with Crippen LogP contribution in [-0.4, -0.2) is 11.7 Å². The van der Waals surface area contributed by atoms with Gasteiger partial charge in [0.05, 0.1) is 6.04 Å². The first-order valence-electron chi connectivity index (χ1n) is 7.50. The summed E-state index contributed by atoms with van der Waals surface area (Å²) in [6.07, 6.45) is 1.77. The summed E-state index contributed by atoms with van der Waals surface area (Å²) >= 11 is 1.52. The Labute approximate surface area is 134 Å². The summed E-state index contributed by atoms with van der Waals surface area (Å²) in [5.74, 6) is 0.511. The van der Waals surface area contributed by atoms with Crippen LogP contribution in [0.25, 0.3) is 0 Å². The fraction of sp³-hybridized carbons (Fsp3) is 0.278. The van der Waals surface area contributed by atoms with Gasteiger partial charge in [-0.25, -0.2) is 4.39 Å². The Morgan fingerprint density at radius 1 is 1.27 bits per heavy atom. The van der Waals surface area contributed by atoms with E-state index >= 15 is 0 Å². The number of amides is 1. The lowest BCUT2D eigenvalue weighted by Crippen LogP contribution is -2.30. The number of hydrogen-bond acceptors (Lipinski definition) is 2. The molecule has 0 radical (unpaired) electrons. The lowest BCUT2D eigenvalue weighted by atomic mass is 10.0. The van der Waals surface area contributed by atoms with Gasteiger partial charge < -0.3 is 5.32 Å². The highest BCUT2D eigenvalue weighted by atomic mass is 32.2. The number of carbonyl (C=O) groups is 1. The van der Waals surface area contributed by atoms with Crippen molar-refractivity contribution in [2.24, 2.45) is 0 Å². The third-order valence-electron chi connectivity index (χ3n) is 3.96. The molecule has 3 rings (SSSR count). The summed E-state index contributed by atoms with van der Waals surface area (Å²) in [7, 11) is 0. The molecule has 0 aromatic heterocycles. The van der Waals surface area contributed by atoms with E-state index in [9.17, 15) is 9.18 Å². The Balaban J connectivity index is 1.79. The fourth-order valence-electron chi connectivity index (χ4n) is 2.67. The zero-order valence-electron chi connectivity index (χ0n) is 12.4. The van der Waals surface area contributed by atoms with E-state index in [0.29, 0.717) is 10.5 Å². The van der Waals surface area contributed by atoms with Crippen LogP contribution in [0.2, 0.25) is 0 Å². The normalized spacial score (nSPS) is 16.9. The fourth-order valence-corrected chi connectivity index (χ4v) is 3.81. The zero-order valence-corrected chi connectivity index (χ0v) is 13.3. The van der Waals surface area contributed by atoms with Gasteiger partial charge in [0.2, 0.25) is 0 Å². The number of fused-ring (bicyclic) bond motifs is 1. The van der Waals surface area contributed by atoms with Gasteiger partial charge in [-0.3, -0.25) is 4.79 Å². The molecular formula is C18H18FNOS. The molecule has 1 N–H and O–H groups in total. The van der Waals surface area contributed by atoms with E-state index < -0.39 is 0 Å². The monoisotopic (exact) mass is 315 g/mol. The summed E-state index contributed by atoms with van der Waals surface area (Å²) in [5, 5.41) is 3.04. The van der Waals surface area contributed by atoms with Crippen molar-refractivity contribution in [3.8, 4) is 0 Å². The largest absolute Gasteiger partial charge is 0.345 e. The average Bonchev–Trinajstić information content (AvgIpc) is 2.56. The quantitative estimate of drug-likeness (QED) is 0.912. The van der Waals surface area contributed by atoms with Crippen LogP contribution in [0.4, 0.5) is 4.39 Å². The number of hydrogen-bond donors (Lipinski definition) is 1. The van der Waals surface area contributed by atoms with Crippen LogP contribution in [0.1, 0.15) is 40.9 Å². The SMILES string of the molecule is CCc1ccc(C(=O)N[C@H]2CCSc3c(F)cccc32)cc1. The first-order valence-corrected chi connectivity index (χ1v) is 8.48. The number of carbonyl (C=O) groups excluding carboxylic acids is 1. The number of rotatable bonds is 3. The van der Waals surface area contributed by atoms with Gasteiger partial charge in [0.15, 0.2) is 0 Å². The van der Waals surface area contributed by atoms with Crippen LogP contribution >= 0.6 is 11.8 Å². The molecule has 0 saturated heterocycles. The summed E-state index contributed by atoms with van der Waals surface area (Å²) in [6.45, 7) is 2.08. The molecular weight excluding hydrogens is 297 g/mol. The highest BCUT2D eigenvalue weighted by Crippen LogP contribution is 2.37. The molecule has 0 unspecified atom stereocenters. The number of thioether (sulfide) groups is 1. The second-order valence-electron chi connectivity index (χ2n) is 5.37. The van der Waals surface area contributed by atoms with Gasteiger partial charge in [-0.05, 0) is 42.2 Å². The number of benzene rings is 2. The molecule has 2 nitrogen and oxygen atoms in total. The molecule has 4 heteroatoms. The highest BCUT2D eigenvalue weighted by Gasteiger charge is 2.24. The molecule has 0 bridgehead atoms. The van der Waals surface area contributed by atoms with Gasteiger partial charge in [-0.2, -0.15) is 0 Å². The molecule has 0 aliphatic carbocycles. The minimum atomic E-state index is -0.200. The summed E-state index contributed by atoms with van der Waals surface area (Å²) in [4.78, 5) is 13.1. The molecule has 1 atom stereocenters. The molecule has 0 saturated carbocycles. The Hall–Kier alpha value is -1.81. The summed E-state index contributed by atoms with van der Waals surface area (Å²) in [5.41, 5.74) is 2.74. The van der Waals surface area contributed by atoms with E-state index in [2.05, 4.69) is 12.2 Å². The van der Waals surface area contributed by atoms with Gasteiger partial charge >= 0.3 is 0 Å². The van der Waals surface area contributed by atoms with Crippen molar-refractivity contribution in [1.82, 2.24) is 5.32 Å². The molecule has 1 amide bonds. The number of nitrogens with one attached hydrogen (secondary N) is 1. The smallest absolute Gasteiger partial charge is 0.251 e. The third-order valence-corrected chi connectivity index (χ3v) is 5.11. The predicted molar refractivity (Wildman–Crippen MR) is 87.8 cm³/mol. The van der Waals surface area contributed by atoms with Crippen LogP contribution in [0, 0.1) is 5.82 Å². The van der Waals surface area contributed by atoms with Crippen molar-refractivity contribution < 1.29 is 9.18 Å². The topological polar surface area (TPSA) is 29.1 Å². The molecule has 22 heavy (non-hydrogen) atoms. The first-order chi connectivity index (χ1) is 10.7. The van der Waals surface area contributed by atoms with E-state index in [1.807, 2.05) is 30.3 Å². The van der Waals surface area contributed by atoms with Crippen molar-refractivity contribution in [2.75, 3.05) is 5.75 Å². The first kappa shape index (κ1) is 15.1. The van der Waals surface area contributed by atoms with E-state index in [1.54, 1.807) is 6.07 Å². The molecule has 2 aromatic carbocycles. The molecule has 2 aromatic rings. The van der Waals surface area contributed by atoms with Gasteiger partial charge in [0, 0.05) is 16.2 Å². The van der Waals surface area contributed by atoms with Crippen molar-refractivity contribution in [3.63, 3.8) is 0 Å². The lowest BCUT2D eigenvalue weighted by molar-refractivity contribution is 0.0934. The Morgan fingerprint density at radius 2 is 2.05 bits per heavy atom. The van der Waals surface area contributed by atoms with Crippen LogP contribution in [0.3, 0.4) is 0 Å². The summed E-state index contributed by atoms with van der Waals surface area (Å²) in [6, 6.07) is 12.6. The zero-order chi connectivity index (χ0) is 15.5. The lowest BCUT2D eigenvalue weighted by Gasteiger charge is -2.26.